The number of rotatable bonds is 4. The Morgan fingerprint density at radius 1 is 1.13 bits per heavy atom. The lowest BCUT2D eigenvalue weighted by atomic mass is 10.00. The van der Waals surface area contributed by atoms with Gasteiger partial charge in [0.15, 0.2) is 0 Å². The van der Waals surface area contributed by atoms with E-state index in [0.717, 1.165) is 36.6 Å². The number of benzene rings is 1. The fourth-order valence-corrected chi connectivity index (χ4v) is 3.00. The molecule has 0 aliphatic carbocycles. The molecule has 7 heteroatoms. The lowest BCUT2D eigenvalue weighted by Gasteiger charge is -2.20. The first-order chi connectivity index (χ1) is 10.6. The molecule has 1 heterocycles. The first kappa shape index (κ1) is 18.1. The monoisotopic (exact) mass is 445 g/mol. The molecule has 0 atom stereocenters. The molecule has 0 amide bonds. The molecule has 0 aliphatic heterocycles. The molecule has 2 aromatic rings. The largest absolute Gasteiger partial charge is 0.241 e. The van der Waals surface area contributed by atoms with Gasteiger partial charge in [-0.3, -0.25) is 0 Å². The van der Waals surface area contributed by atoms with E-state index in [1.54, 1.807) is 0 Å². The van der Waals surface area contributed by atoms with E-state index in [1.165, 1.54) is 7.05 Å². The molecule has 0 saturated heterocycles. The first-order valence-electron chi connectivity index (χ1n) is 7.19. The molecule has 5 nitrogen and oxygen atoms in total. The minimum absolute atomic E-state index is 0.173. The maximum Gasteiger partial charge on any atom is 0.239 e. The van der Waals surface area contributed by atoms with Gasteiger partial charge in [0, 0.05) is 16.2 Å². The van der Waals surface area contributed by atoms with Crippen LogP contribution in [0.15, 0.2) is 24.3 Å². The van der Waals surface area contributed by atoms with Crippen LogP contribution in [0.4, 0.5) is 5.95 Å². The maximum absolute atomic E-state index is 11.8. The summed E-state index contributed by atoms with van der Waals surface area (Å²) in [4.78, 5) is 8.99. The minimum Gasteiger partial charge on any atom is -0.241 e. The van der Waals surface area contributed by atoms with Gasteiger partial charge in [-0.05, 0) is 53.1 Å². The molecule has 0 saturated carbocycles. The average Bonchev–Trinajstić information content (AvgIpc) is 2.46. The summed E-state index contributed by atoms with van der Waals surface area (Å²) >= 11 is 2.25. The second-order valence-corrected chi connectivity index (χ2v) is 9.03. The van der Waals surface area contributed by atoms with Gasteiger partial charge in [-0.25, -0.2) is 22.7 Å². The van der Waals surface area contributed by atoms with E-state index >= 15 is 0 Å². The van der Waals surface area contributed by atoms with Crippen LogP contribution in [0.3, 0.4) is 0 Å². The Kier molecular flexibility index (Phi) is 5.30. The second-order valence-electron chi connectivity index (χ2n) is 5.77. The summed E-state index contributed by atoms with van der Waals surface area (Å²) in [5.74, 6) is 0.377. The fourth-order valence-electron chi connectivity index (χ4n) is 2.26. The summed E-state index contributed by atoms with van der Waals surface area (Å²) < 4.78 is 25.9. The van der Waals surface area contributed by atoms with Gasteiger partial charge < -0.3 is 0 Å². The molecule has 0 aliphatic rings. The summed E-state index contributed by atoms with van der Waals surface area (Å²) in [7, 11) is -1.94. The van der Waals surface area contributed by atoms with Gasteiger partial charge in [0.1, 0.15) is 0 Å². The van der Waals surface area contributed by atoms with E-state index in [1.807, 2.05) is 45.0 Å². The van der Waals surface area contributed by atoms with Crippen molar-refractivity contribution < 1.29 is 8.42 Å². The molecule has 0 spiro atoms. The van der Waals surface area contributed by atoms with Gasteiger partial charge in [0.2, 0.25) is 16.0 Å². The summed E-state index contributed by atoms with van der Waals surface area (Å²) in [5.41, 5.74) is 3.56. The Labute approximate surface area is 151 Å². The highest BCUT2D eigenvalue weighted by Gasteiger charge is 2.20. The molecule has 2 rings (SSSR count). The summed E-state index contributed by atoms with van der Waals surface area (Å²) in [6.45, 7) is 6.06. The number of hydrogen-bond acceptors (Lipinski definition) is 4. The van der Waals surface area contributed by atoms with Crippen molar-refractivity contribution in [1.82, 2.24) is 9.97 Å². The number of anilines is 1. The topological polar surface area (TPSA) is 63.2 Å². The molecule has 23 heavy (non-hydrogen) atoms. The Hall–Kier alpha value is -1.22. The number of halogens is 1. The highest BCUT2D eigenvalue weighted by Crippen LogP contribution is 2.29. The van der Waals surface area contributed by atoms with E-state index in [0.29, 0.717) is 0 Å². The predicted octanol–water partition coefficient (Wildman–Crippen LogP) is 3.58. The zero-order valence-electron chi connectivity index (χ0n) is 13.8. The van der Waals surface area contributed by atoms with Crippen LogP contribution in [-0.4, -0.2) is 31.7 Å². The van der Waals surface area contributed by atoms with E-state index < -0.39 is 10.0 Å². The van der Waals surface area contributed by atoms with Crippen molar-refractivity contribution in [2.45, 2.75) is 26.7 Å². The Bertz CT molecular complexity index is 818. The van der Waals surface area contributed by atoms with Gasteiger partial charge in [-0.1, -0.05) is 26.0 Å². The number of aromatic nitrogens is 2. The summed E-state index contributed by atoms with van der Waals surface area (Å²) in [5, 5.41) is 0. The molecule has 0 bridgehead atoms. The third-order valence-corrected chi connectivity index (χ3v) is 5.49. The molecule has 0 fully saturated rings. The van der Waals surface area contributed by atoms with Crippen LogP contribution in [0, 0.1) is 10.5 Å². The van der Waals surface area contributed by atoms with Gasteiger partial charge in [-0.2, -0.15) is 0 Å². The molecule has 1 aromatic heterocycles. The first-order valence-corrected chi connectivity index (χ1v) is 10.1. The van der Waals surface area contributed by atoms with Crippen molar-refractivity contribution in [3.8, 4) is 11.3 Å². The van der Waals surface area contributed by atoms with E-state index in [9.17, 15) is 8.42 Å². The average molecular weight is 445 g/mol. The molecular weight excluding hydrogens is 425 g/mol. The van der Waals surface area contributed by atoms with Crippen molar-refractivity contribution in [1.29, 1.82) is 0 Å². The van der Waals surface area contributed by atoms with Crippen LogP contribution in [0.2, 0.25) is 0 Å². The van der Waals surface area contributed by atoms with Crippen LogP contribution >= 0.6 is 22.6 Å². The highest BCUT2D eigenvalue weighted by molar-refractivity contribution is 14.1. The maximum atomic E-state index is 11.8. The molecular formula is C16H20IN3O2S. The lowest BCUT2D eigenvalue weighted by molar-refractivity contribution is 0.599. The standard InChI is InChI=1S/C16H20IN3O2S/c1-10(2)14-11(3)15(12-6-8-13(17)9-7-12)19-16(18-14)20(4)23(5,21)22/h6-10H,1-5H3. The number of nitrogens with zero attached hydrogens (tertiary/aromatic N) is 3. The quantitative estimate of drug-likeness (QED) is 0.676. The van der Waals surface area contributed by atoms with Gasteiger partial charge in [0.25, 0.3) is 0 Å². The predicted molar refractivity (Wildman–Crippen MR) is 102 cm³/mol. The van der Waals surface area contributed by atoms with Crippen molar-refractivity contribution in [3.63, 3.8) is 0 Å². The molecule has 124 valence electrons. The molecule has 0 N–H and O–H groups in total. The number of sulfonamides is 1. The van der Waals surface area contributed by atoms with Gasteiger partial charge in [-0.15, -0.1) is 0 Å². The Morgan fingerprint density at radius 3 is 2.17 bits per heavy atom. The third-order valence-electron chi connectivity index (χ3n) is 3.62. The number of hydrogen-bond donors (Lipinski definition) is 0. The van der Waals surface area contributed by atoms with Crippen molar-refractivity contribution in [2.75, 3.05) is 17.6 Å². The normalized spacial score (nSPS) is 11.8. The van der Waals surface area contributed by atoms with Crippen molar-refractivity contribution in [2.24, 2.45) is 0 Å². The molecule has 0 radical (unpaired) electrons. The molecule has 1 aromatic carbocycles. The van der Waals surface area contributed by atoms with Gasteiger partial charge >= 0.3 is 0 Å². The smallest absolute Gasteiger partial charge is 0.239 e. The van der Waals surface area contributed by atoms with Crippen molar-refractivity contribution >= 4 is 38.6 Å². The van der Waals surface area contributed by atoms with Crippen LogP contribution in [-0.2, 0) is 10.0 Å². The third kappa shape index (κ3) is 4.00. The Morgan fingerprint density at radius 2 is 1.70 bits per heavy atom. The summed E-state index contributed by atoms with van der Waals surface area (Å²) in [6, 6.07) is 8.00. The van der Waals surface area contributed by atoms with Crippen LogP contribution in [0.1, 0.15) is 31.0 Å². The summed E-state index contributed by atoms with van der Waals surface area (Å²) in [6.07, 6.45) is 1.15. The zero-order valence-corrected chi connectivity index (χ0v) is 16.8. The second kappa shape index (κ2) is 6.72. The van der Waals surface area contributed by atoms with E-state index in [-0.39, 0.29) is 11.9 Å². The highest BCUT2D eigenvalue weighted by atomic mass is 127. The van der Waals surface area contributed by atoms with E-state index in [4.69, 9.17) is 0 Å². The SMILES string of the molecule is Cc1c(-c2ccc(I)cc2)nc(N(C)S(C)(=O)=O)nc1C(C)C. The van der Waals surface area contributed by atoms with E-state index in [2.05, 4.69) is 32.6 Å². The lowest BCUT2D eigenvalue weighted by Crippen LogP contribution is -2.27. The van der Waals surface area contributed by atoms with Crippen LogP contribution in [0.5, 0.6) is 0 Å². The van der Waals surface area contributed by atoms with Crippen molar-refractivity contribution in [3.05, 3.63) is 39.1 Å². The fraction of sp³-hybridized carbons (Fsp3) is 0.375. The van der Waals surface area contributed by atoms with Gasteiger partial charge in [0.05, 0.1) is 17.6 Å². The molecule has 0 unspecified atom stereocenters. The zero-order chi connectivity index (χ0) is 17.4. The minimum atomic E-state index is -3.41. The van der Waals surface area contributed by atoms with Crippen LogP contribution in [0.25, 0.3) is 11.3 Å². The van der Waals surface area contributed by atoms with Crippen LogP contribution < -0.4 is 4.31 Å². The Balaban J connectivity index is 2.70.